The molecule has 0 radical (unpaired) electrons. The van der Waals surface area contributed by atoms with Crippen LogP contribution in [-0.4, -0.2) is 66.3 Å². The van der Waals surface area contributed by atoms with Crippen molar-refractivity contribution in [3.63, 3.8) is 0 Å². The minimum atomic E-state index is -1.20. The van der Waals surface area contributed by atoms with Gasteiger partial charge in [-0.25, -0.2) is 15.0 Å². The number of benzene rings is 1. The molecule has 0 bridgehead atoms. The van der Waals surface area contributed by atoms with E-state index >= 15 is 0 Å². The summed E-state index contributed by atoms with van der Waals surface area (Å²) in [6, 6.07) is 8.40. The number of hydrogen-bond donors (Lipinski definition) is 4. The second-order valence-corrected chi connectivity index (χ2v) is 7.55. The largest absolute Gasteiger partial charge is 0.394 e. The molecule has 0 unspecified atom stereocenters. The number of imidazole rings is 1. The fraction of sp³-hybridized carbons (Fsp3) is 0.381. The van der Waals surface area contributed by atoms with E-state index in [4.69, 9.17) is 4.74 Å². The van der Waals surface area contributed by atoms with Crippen molar-refractivity contribution in [2.75, 3.05) is 18.5 Å². The summed E-state index contributed by atoms with van der Waals surface area (Å²) < 4.78 is 7.16. The number of rotatable bonds is 5. The number of ether oxygens (including phenoxy) is 1. The van der Waals surface area contributed by atoms with Crippen LogP contribution in [0, 0.1) is 0 Å². The van der Waals surface area contributed by atoms with Gasteiger partial charge in [-0.05, 0) is 29.5 Å². The predicted molar refractivity (Wildman–Crippen MR) is 110 cm³/mol. The summed E-state index contributed by atoms with van der Waals surface area (Å²) in [5.74, 6) is 0.578. The lowest BCUT2D eigenvalue weighted by Gasteiger charge is -2.18. The van der Waals surface area contributed by atoms with Gasteiger partial charge in [0.15, 0.2) is 23.2 Å². The number of aliphatic hydroxyl groups excluding tert-OH is 3. The van der Waals surface area contributed by atoms with Gasteiger partial charge in [-0.3, -0.25) is 4.57 Å². The molecule has 0 amide bonds. The Hall–Kier alpha value is -2.85. The minimum absolute atomic E-state index is 0.389. The molecule has 30 heavy (non-hydrogen) atoms. The van der Waals surface area contributed by atoms with Crippen LogP contribution in [0.5, 0.6) is 0 Å². The number of aliphatic hydroxyl groups is 3. The van der Waals surface area contributed by atoms with Crippen molar-refractivity contribution in [3.05, 3.63) is 54.1 Å². The van der Waals surface area contributed by atoms with E-state index in [0.29, 0.717) is 23.5 Å². The number of aromatic nitrogens is 4. The van der Waals surface area contributed by atoms with Gasteiger partial charge < -0.3 is 25.4 Å². The molecule has 156 valence electrons. The monoisotopic (exact) mass is 409 g/mol. The number of allylic oxidation sites excluding steroid dienone is 1. The molecule has 9 heteroatoms. The van der Waals surface area contributed by atoms with Gasteiger partial charge in [0, 0.05) is 6.54 Å². The molecule has 1 aliphatic heterocycles. The topological polar surface area (TPSA) is 126 Å². The third-order valence-corrected chi connectivity index (χ3v) is 5.76. The fourth-order valence-electron chi connectivity index (χ4n) is 4.19. The van der Waals surface area contributed by atoms with Gasteiger partial charge >= 0.3 is 0 Å². The maximum atomic E-state index is 10.3. The van der Waals surface area contributed by atoms with Crippen LogP contribution in [0.1, 0.15) is 23.8 Å². The van der Waals surface area contributed by atoms with Gasteiger partial charge in [0.25, 0.3) is 0 Å². The van der Waals surface area contributed by atoms with Crippen LogP contribution in [0.3, 0.4) is 0 Å². The van der Waals surface area contributed by atoms with Crippen LogP contribution in [0.2, 0.25) is 0 Å². The first-order valence-electron chi connectivity index (χ1n) is 9.98. The second kappa shape index (κ2) is 7.77. The first-order chi connectivity index (χ1) is 14.7. The number of anilines is 1. The average molecular weight is 409 g/mol. The fourth-order valence-corrected chi connectivity index (χ4v) is 4.19. The highest BCUT2D eigenvalue weighted by molar-refractivity contribution is 5.84. The van der Waals surface area contributed by atoms with Gasteiger partial charge in [-0.2, -0.15) is 0 Å². The average Bonchev–Trinajstić information content (AvgIpc) is 3.33. The van der Waals surface area contributed by atoms with Crippen molar-refractivity contribution in [2.45, 2.75) is 37.4 Å². The van der Waals surface area contributed by atoms with E-state index < -0.39 is 24.5 Å². The third-order valence-electron chi connectivity index (χ3n) is 5.76. The van der Waals surface area contributed by atoms with Crippen LogP contribution in [0.25, 0.3) is 16.7 Å². The number of hydrogen-bond acceptors (Lipinski definition) is 8. The van der Waals surface area contributed by atoms with Crippen LogP contribution < -0.4 is 5.32 Å². The van der Waals surface area contributed by atoms with Gasteiger partial charge in [0.1, 0.15) is 24.6 Å². The Bertz CT molecular complexity index is 1100. The standard InChI is InChI=1S/C21H23N5O4/c27-9-15-17(28)18(29)21(30-15)26-11-25-16-19(23-10-24-20(16)26)22-8-13-6-3-5-12-4-1-2-7-14(12)13/h1-2,4,6-7,10-11,15,17-18,21,27-29H,3,5,8-9H2,(H,22,23,24)/t15-,17-,18-,21-/m1/s1. The Morgan fingerprint density at radius 1 is 1.13 bits per heavy atom. The van der Waals surface area contributed by atoms with Gasteiger partial charge in [-0.1, -0.05) is 30.3 Å². The summed E-state index contributed by atoms with van der Waals surface area (Å²) in [5.41, 5.74) is 4.82. The molecular formula is C21H23N5O4. The Morgan fingerprint density at radius 2 is 2.00 bits per heavy atom. The molecule has 5 rings (SSSR count). The second-order valence-electron chi connectivity index (χ2n) is 7.55. The Balaban J connectivity index is 1.40. The highest BCUT2D eigenvalue weighted by Crippen LogP contribution is 2.32. The van der Waals surface area contributed by atoms with E-state index in [0.717, 1.165) is 12.8 Å². The molecule has 3 aromatic rings. The zero-order valence-corrected chi connectivity index (χ0v) is 16.2. The lowest BCUT2D eigenvalue weighted by Crippen LogP contribution is -2.33. The zero-order chi connectivity index (χ0) is 20.7. The van der Waals surface area contributed by atoms with E-state index in [-0.39, 0.29) is 6.61 Å². The summed E-state index contributed by atoms with van der Waals surface area (Å²) >= 11 is 0. The normalized spacial score (nSPS) is 25.9. The van der Waals surface area contributed by atoms with Crippen LogP contribution in [0.15, 0.2) is 43.0 Å². The number of aryl methyl sites for hydroxylation is 1. The van der Waals surface area contributed by atoms with Crippen molar-refractivity contribution in [1.29, 1.82) is 0 Å². The SMILES string of the molecule is OC[C@H]1O[C@@H](n2cnc3c(NCC4=CCCc5ccccc54)ncnc32)[C@H](O)[C@@H]1O. The van der Waals surface area contributed by atoms with Crippen LogP contribution in [-0.2, 0) is 11.2 Å². The molecule has 2 aromatic heterocycles. The summed E-state index contributed by atoms with van der Waals surface area (Å²) in [7, 11) is 0. The van der Waals surface area contributed by atoms with E-state index in [1.54, 1.807) is 4.57 Å². The van der Waals surface area contributed by atoms with Crippen molar-refractivity contribution >= 4 is 22.6 Å². The summed E-state index contributed by atoms with van der Waals surface area (Å²) in [5, 5.41) is 33.0. The molecule has 4 atom stereocenters. The molecule has 0 saturated carbocycles. The van der Waals surface area contributed by atoms with Crippen molar-refractivity contribution in [1.82, 2.24) is 19.5 Å². The van der Waals surface area contributed by atoms with Crippen molar-refractivity contribution in [3.8, 4) is 0 Å². The highest BCUT2D eigenvalue weighted by atomic mass is 16.6. The number of nitrogens with one attached hydrogen (secondary N) is 1. The summed E-state index contributed by atoms with van der Waals surface area (Å²) in [6.07, 6.45) is 3.08. The van der Waals surface area contributed by atoms with E-state index in [1.807, 2.05) is 6.07 Å². The summed E-state index contributed by atoms with van der Waals surface area (Å²) in [4.78, 5) is 13.0. The molecule has 0 spiro atoms. The lowest BCUT2D eigenvalue weighted by atomic mass is 9.91. The maximum absolute atomic E-state index is 10.3. The molecule has 2 aliphatic rings. The molecular weight excluding hydrogens is 386 g/mol. The maximum Gasteiger partial charge on any atom is 0.167 e. The first kappa shape index (κ1) is 19.1. The Labute approximate surface area is 172 Å². The first-order valence-corrected chi connectivity index (χ1v) is 9.98. The quantitative estimate of drug-likeness (QED) is 0.489. The van der Waals surface area contributed by atoms with Crippen molar-refractivity contribution in [2.24, 2.45) is 0 Å². The van der Waals surface area contributed by atoms with Gasteiger partial charge in [0.2, 0.25) is 0 Å². The highest BCUT2D eigenvalue weighted by Gasteiger charge is 2.44. The molecule has 1 aliphatic carbocycles. The van der Waals surface area contributed by atoms with Gasteiger partial charge in [-0.15, -0.1) is 0 Å². The zero-order valence-electron chi connectivity index (χ0n) is 16.2. The third kappa shape index (κ3) is 3.16. The van der Waals surface area contributed by atoms with E-state index in [1.165, 1.54) is 29.4 Å². The molecule has 1 saturated heterocycles. The molecule has 1 fully saturated rings. The van der Waals surface area contributed by atoms with Crippen molar-refractivity contribution < 1.29 is 20.1 Å². The molecule has 3 heterocycles. The smallest absolute Gasteiger partial charge is 0.167 e. The lowest BCUT2D eigenvalue weighted by molar-refractivity contribution is -0.0511. The number of nitrogens with zero attached hydrogens (tertiary/aromatic N) is 4. The van der Waals surface area contributed by atoms with Crippen LogP contribution in [0.4, 0.5) is 5.82 Å². The Morgan fingerprint density at radius 3 is 2.83 bits per heavy atom. The van der Waals surface area contributed by atoms with Crippen LogP contribution >= 0.6 is 0 Å². The predicted octanol–water partition coefficient (Wildman–Crippen LogP) is 0.879. The Kier molecular flexibility index (Phi) is 4.95. The molecule has 1 aromatic carbocycles. The van der Waals surface area contributed by atoms with E-state index in [2.05, 4.69) is 44.5 Å². The number of fused-ring (bicyclic) bond motifs is 2. The van der Waals surface area contributed by atoms with E-state index in [9.17, 15) is 15.3 Å². The summed E-state index contributed by atoms with van der Waals surface area (Å²) in [6.45, 7) is 0.212. The molecule has 4 N–H and O–H groups in total. The minimum Gasteiger partial charge on any atom is -0.394 e. The molecule has 9 nitrogen and oxygen atoms in total. The van der Waals surface area contributed by atoms with Gasteiger partial charge in [0.05, 0.1) is 12.9 Å².